The maximum Gasteiger partial charge on any atom is 0.119 e. The van der Waals surface area contributed by atoms with Gasteiger partial charge >= 0.3 is 0 Å². The summed E-state index contributed by atoms with van der Waals surface area (Å²) in [6, 6.07) is 6.39. The number of piperidine rings is 1. The van der Waals surface area contributed by atoms with Crippen LogP contribution in [0.15, 0.2) is 18.2 Å². The normalized spacial score (nSPS) is 17.9. The molecule has 1 aliphatic heterocycles. The summed E-state index contributed by atoms with van der Waals surface area (Å²) < 4.78 is 10.5. The third-order valence-corrected chi connectivity index (χ3v) is 4.56. The SMILES string of the molecule is COCCNC1(C=N)CCN(Cc2cc(C)cc(OC)c2)CC1. The number of methoxy groups -OCH3 is 2. The summed E-state index contributed by atoms with van der Waals surface area (Å²) in [6.45, 7) is 6.49. The summed E-state index contributed by atoms with van der Waals surface area (Å²) in [6.07, 6.45) is 3.50. The Morgan fingerprint density at radius 1 is 1.26 bits per heavy atom. The van der Waals surface area contributed by atoms with Gasteiger partial charge in [0.25, 0.3) is 0 Å². The molecule has 0 radical (unpaired) electrons. The van der Waals surface area contributed by atoms with Gasteiger partial charge in [-0.15, -0.1) is 0 Å². The van der Waals surface area contributed by atoms with E-state index in [1.54, 1.807) is 20.4 Å². The zero-order valence-electron chi connectivity index (χ0n) is 14.5. The number of likely N-dealkylation sites (tertiary alicyclic amines) is 1. The Bertz CT molecular complexity index is 511. The molecule has 5 heteroatoms. The van der Waals surface area contributed by atoms with Crippen LogP contribution in [0.2, 0.25) is 0 Å². The molecule has 0 bridgehead atoms. The molecule has 0 atom stereocenters. The van der Waals surface area contributed by atoms with Crippen molar-refractivity contribution in [3.05, 3.63) is 29.3 Å². The molecule has 1 fully saturated rings. The number of aryl methyl sites for hydroxylation is 1. The number of ether oxygens (including phenoxy) is 2. The number of rotatable bonds is 8. The summed E-state index contributed by atoms with van der Waals surface area (Å²) in [7, 11) is 3.42. The molecule has 2 N–H and O–H groups in total. The number of hydrogen-bond acceptors (Lipinski definition) is 5. The van der Waals surface area contributed by atoms with Gasteiger partial charge in [0.2, 0.25) is 0 Å². The van der Waals surface area contributed by atoms with E-state index < -0.39 is 0 Å². The van der Waals surface area contributed by atoms with Gasteiger partial charge in [0, 0.05) is 39.5 Å². The molecule has 5 nitrogen and oxygen atoms in total. The second-order valence-corrected chi connectivity index (χ2v) is 6.35. The first kappa shape index (κ1) is 17.9. The average molecular weight is 319 g/mol. The number of hydrogen-bond donors (Lipinski definition) is 2. The van der Waals surface area contributed by atoms with Crippen LogP contribution in [0.4, 0.5) is 0 Å². The summed E-state index contributed by atoms with van der Waals surface area (Å²) >= 11 is 0. The van der Waals surface area contributed by atoms with E-state index in [0.717, 1.165) is 44.8 Å². The lowest BCUT2D eigenvalue weighted by Gasteiger charge is -2.40. The molecule has 0 spiro atoms. The molecule has 1 heterocycles. The van der Waals surface area contributed by atoms with E-state index in [2.05, 4.69) is 35.3 Å². The molecule has 1 saturated heterocycles. The lowest BCUT2D eigenvalue weighted by Crippen LogP contribution is -2.55. The van der Waals surface area contributed by atoms with Gasteiger partial charge in [0.1, 0.15) is 5.75 Å². The fraction of sp³-hybridized carbons (Fsp3) is 0.611. The minimum Gasteiger partial charge on any atom is -0.497 e. The van der Waals surface area contributed by atoms with Crippen LogP contribution in [0.1, 0.15) is 24.0 Å². The van der Waals surface area contributed by atoms with E-state index >= 15 is 0 Å². The molecule has 1 aromatic carbocycles. The zero-order valence-corrected chi connectivity index (χ0v) is 14.5. The van der Waals surface area contributed by atoms with Gasteiger partial charge in [0.15, 0.2) is 0 Å². The molecule has 0 amide bonds. The Morgan fingerprint density at radius 3 is 2.61 bits per heavy atom. The highest BCUT2D eigenvalue weighted by Gasteiger charge is 2.32. The molecule has 1 aromatic rings. The molecule has 128 valence electrons. The molecule has 2 rings (SSSR count). The van der Waals surface area contributed by atoms with E-state index in [0.29, 0.717) is 6.61 Å². The van der Waals surface area contributed by atoms with Crippen LogP contribution >= 0.6 is 0 Å². The fourth-order valence-corrected chi connectivity index (χ4v) is 3.18. The minimum atomic E-state index is -0.167. The van der Waals surface area contributed by atoms with Crippen molar-refractivity contribution in [2.45, 2.75) is 31.8 Å². The topological polar surface area (TPSA) is 57.6 Å². The lowest BCUT2D eigenvalue weighted by molar-refractivity contribution is 0.150. The predicted molar refractivity (Wildman–Crippen MR) is 93.6 cm³/mol. The lowest BCUT2D eigenvalue weighted by atomic mass is 9.88. The fourth-order valence-electron chi connectivity index (χ4n) is 3.18. The Hall–Kier alpha value is -1.43. The van der Waals surface area contributed by atoms with Gasteiger partial charge in [-0.3, -0.25) is 4.90 Å². The van der Waals surface area contributed by atoms with Crippen LogP contribution in [-0.4, -0.2) is 57.1 Å². The van der Waals surface area contributed by atoms with E-state index in [1.165, 1.54) is 11.1 Å². The second-order valence-electron chi connectivity index (χ2n) is 6.35. The summed E-state index contributed by atoms with van der Waals surface area (Å²) in [5.41, 5.74) is 2.35. The van der Waals surface area contributed by atoms with Gasteiger partial charge in [0.05, 0.1) is 19.3 Å². The van der Waals surface area contributed by atoms with Crippen LogP contribution in [0.25, 0.3) is 0 Å². The molecule has 0 aliphatic carbocycles. The monoisotopic (exact) mass is 319 g/mol. The first-order valence-corrected chi connectivity index (χ1v) is 8.23. The molecular weight excluding hydrogens is 290 g/mol. The van der Waals surface area contributed by atoms with Crippen LogP contribution in [-0.2, 0) is 11.3 Å². The van der Waals surface area contributed by atoms with Crippen molar-refractivity contribution in [3.63, 3.8) is 0 Å². The molecular formula is C18H29N3O2. The maximum atomic E-state index is 7.79. The number of nitrogens with one attached hydrogen (secondary N) is 2. The van der Waals surface area contributed by atoms with Crippen LogP contribution < -0.4 is 10.1 Å². The van der Waals surface area contributed by atoms with E-state index in [9.17, 15) is 0 Å². The van der Waals surface area contributed by atoms with Crippen molar-refractivity contribution in [3.8, 4) is 5.75 Å². The van der Waals surface area contributed by atoms with Crippen molar-refractivity contribution in [2.75, 3.05) is 40.5 Å². The number of benzene rings is 1. The van der Waals surface area contributed by atoms with Gasteiger partial charge in [-0.25, -0.2) is 0 Å². The molecule has 0 unspecified atom stereocenters. The zero-order chi connectivity index (χ0) is 16.7. The average Bonchev–Trinajstić information content (AvgIpc) is 2.56. The third kappa shape index (κ3) is 5.03. The second kappa shape index (κ2) is 8.43. The van der Waals surface area contributed by atoms with Gasteiger partial charge < -0.3 is 20.2 Å². The Kier molecular flexibility index (Phi) is 6.57. The van der Waals surface area contributed by atoms with Crippen LogP contribution in [0.5, 0.6) is 5.75 Å². The highest BCUT2D eigenvalue weighted by molar-refractivity contribution is 5.67. The molecule has 1 aliphatic rings. The standard InChI is InChI=1S/C18H29N3O2/c1-15-10-16(12-17(11-15)23-3)13-21-7-4-18(14-19,5-8-21)20-6-9-22-2/h10-12,14,19-20H,4-9,13H2,1-3H3. The summed E-state index contributed by atoms with van der Waals surface area (Å²) in [5.74, 6) is 0.923. The van der Waals surface area contributed by atoms with Crippen molar-refractivity contribution in [1.29, 1.82) is 5.41 Å². The first-order valence-electron chi connectivity index (χ1n) is 8.23. The smallest absolute Gasteiger partial charge is 0.119 e. The highest BCUT2D eigenvalue weighted by Crippen LogP contribution is 2.23. The molecule has 0 aromatic heterocycles. The quantitative estimate of drug-likeness (QED) is 0.570. The summed E-state index contributed by atoms with van der Waals surface area (Å²) in [4.78, 5) is 2.45. The third-order valence-electron chi connectivity index (χ3n) is 4.56. The van der Waals surface area contributed by atoms with E-state index in [4.69, 9.17) is 14.9 Å². The van der Waals surface area contributed by atoms with Crippen molar-refractivity contribution >= 4 is 6.21 Å². The van der Waals surface area contributed by atoms with Gasteiger partial charge in [-0.1, -0.05) is 6.07 Å². The Balaban J connectivity index is 1.91. The number of nitrogens with zero attached hydrogens (tertiary/aromatic N) is 1. The molecule has 23 heavy (non-hydrogen) atoms. The largest absolute Gasteiger partial charge is 0.497 e. The van der Waals surface area contributed by atoms with Gasteiger partial charge in [-0.05, 0) is 43.0 Å². The van der Waals surface area contributed by atoms with Crippen LogP contribution in [0, 0.1) is 12.3 Å². The van der Waals surface area contributed by atoms with E-state index in [-0.39, 0.29) is 5.54 Å². The minimum absolute atomic E-state index is 0.167. The summed E-state index contributed by atoms with van der Waals surface area (Å²) in [5, 5.41) is 11.3. The highest BCUT2D eigenvalue weighted by atomic mass is 16.5. The van der Waals surface area contributed by atoms with Crippen LogP contribution in [0.3, 0.4) is 0 Å². The van der Waals surface area contributed by atoms with E-state index in [1.807, 2.05) is 0 Å². The van der Waals surface area contributed by atoms with Crippen molar-refractivity contribution < 1.29 is 9.47 Å². The Morgan fingerprint density at radius 2 is 2.00 bits per heavy atom. The first-order chi connectivity index (χ1) is 11.1. The van der Waals surface area contributed by atoms with Gasteiger partial charge in [-0.2, -0.15) is 0 Å². The maximum absolute atomic E-state index is 7.79. The van der Waals surface area contributed by atoms with Crippen molar-refractivity contribution in [2.24, 2.45) is 0 Å². The predicted octanol–water partition coefficient (Wildman–Crippen LogP) is 2.22. The Labute approximate surface area is 139 Å². The molecule has 0 saturated carbocycles. The van der Waals surface area contributed by atoms with Crippen molar-refractivity contribution in [1.82, 2.24) is 10.2 Å².